The molecule has 2 unspecified atom stereocenters. The molecule has 3 rings (SSSR count). The molecule has 2 aliphatic heterocycles. The summed E-state index contributed by atoms with van der Waals surface area (Å²) >= 11 is 0. The second-order valence-corrected chi connectivity index (χ2v) is 5.50. The molecule has 0 saturated carbocycles. The predicted molar refractivity (Wildman–Crippen MR) is 68.8 cm³/mol. The highest BCUT2D eigenvalue weighted by Gasteiger charge is 2.44. The van der Waals surface area contributed by atoms with E-state index in [2.05, 4.69) is 0 Å². The minimum absolute atomic E-state index is 0.0360. The molecule has 0 N–H and O–H groups in total. The van der Waals surface area contributed by atoms with Crippen molar-refractivity contribution in [2.45, 2.75) is 43.9 Å². The molecule has 2 fully saturated rings. The highest BCUT2D eigenvalue weighted by Crippen LogP contribution is 2.37. The average molecular weight is 264 g/mol. The third-order valence-corrected chi connectivity index (χ3v) is 4.26. The van der Waals surface area contributed by atoms with E-state index < -0.39 is 6.17 Å². The zero-order valence-corrected chi connectivity index (χ0v) is 10.9. The third-order valence-electron chi connectivity index (χ3n) is 4.26. The number of halogens is 1. The van der Waals surface area contributed by atoms with Crippen molar-refractivity contribution in [2.75, 3.05) is 0 Å². The molecule has 2 atom stereocenters. The molecule has 4 nitrogen and oxygen atoms in total. The van der Waals surface area contributed by atoms with Crippen molar-refractivity contribution < 1.29 is 9.18 Å². The Hall–Kier alpha value is -1.65. The van der Waals surface area contributed by atoms with E-state index in [1.54, 1.807) is 30.3 Å². The number of hydrogen-bond donors (Lipinski definition) is 0. The Balaban J connectivity index is 1.93. The fraction of sp³-hybridized carbons (Fsp3) is 0.571. The van der Waals surface area contributed by atoms with Gasteiger partial charge in [0.2, 0.25) is 0 Å². The van der Waals surface area contributed by atoms with Gasteiger partial charge in [0.25, 0.3) is 11.5 Å². The number of hydrogen-bond acceptors (Lipinski definition) is 2. The molecule has 1 amide bonds. The molecule has 0 aromatic carbocycles. The third kappa shape index (κ3) is 1.97. The maximum atomic E-state index is 13.5. The van der Waals surface area contributed by atoms with E-state index in [-0.39, 0.29) is 29.1 Å². The van der Waals surface area contributed by atoms with Gasteiger partial charge in [-0.05, 0) is 37.8 Å². The summed E-state index contributed by atoms with van der Waals surface area (Å²) < 4.78 is 14.9. The van der Waals surface area contributed by atoms with E-state index in [4.69, 9.17) is 0 Å². The van der Waals surface area contributed by atoms with Gasteiger partial charge in [0.15, 0.2) is 0 Å². The van der Waals surface area contributed by atoms with E-state index >= 15 is 0 Å². The van der Waals surface area contributed by atoms with Crippen molar-refractivity contribution in [3.05, 3.63) is 34.2 Å². The molecule has 1 aromatic rings. The number of nitrogens with zero attached hydrogens (tertiary/aromatic N) is 2. The summed E-state index contributed by atoms with van der Waals surface area (Å²) in [5.41, 5.74) is -0.0894. The minimum atomic E-state index is -0.805. The summed E-state index contributed by atoms with van der Waals surface area (Å²) in [4.78, 5) is 26.3. The largest absolute Gasteiger partial charge is 0.332 e. The molecule has 102 valence electrons. The number of pyridine rings is 1. The standard InChI is InChI=1S/C14H17FN2O2/c1-16-6-2-3-12(13(16)18)14(19)17-10-4-5-11(17)8-9(15)7-10/h2-3,6,9-11H,4-5,7-8H2,1H3. The van der Waals surface area contributed by atoms with Crippen LogP contribution >= 0.6 is 0 Å². The Morgan fingerprint density at radius 1 is 1.32 bits per heavy atom. The molecule has 5 heteroatoms. The Morgan fingerprint density at radius 2 is 1.95 bits per heavy atom. The zero-order chi connectivity index (χ0) is 13.6. The first kappa shape index (κ1) is 12.4. The van der Waals surface area contributed by atoms with Gasteiger partial charge in [-0.1, -0.05) is 0 Å². The number of carbonyl (C=O) groups is 1. The first-order chi connectivity index (χ1) is 9.08. The smallest absolute Gasteiger partial charge is 0.263 e. The highest BCUT2D eigenvalue weighted by atomic mass is 19.1. The monoisotopic (exact) mass is 264 g/mol. The second-order valence-electron chi connectivity index (χ2n) is 5.50. The predicted octanol–water partition coefficient (Wildman–Crippen LogP) is 1.49. The van der Waals surface area contributed by atoms with E-state index in [1.807, 2.05) is 0 Å². The van der Waals surface area contributed by atoms with Crippen LogP contribution < -0.4 is 5.56 Å². The fourth-order valence-corrected chi connectivity index (χ4v) is 3.34. The van der Waals surface area contributed by atoms with Crippen LogP contribution in [0.5, 0.6) is 0 Å². The molecule has 2 aliphatic rings. The normalized spacial score (nSPS) is 29.6. The molecular formula is C14H17FN2O2. The number of aromatic nitrogens is 1. The first-order valence-corrected chi connectivity index (χ1v) is 6.70. The Morgan fingerprint density at radius 3 is 2.58 bits per heavy atom. The van der Waals surface area contributed by atoms with Gasteiger partial charge < -0.3 is 9.47 Å². The fourth-order valence-electron chi connectivity index (χ4n) is 3.34. The van der Waals surface area contributed by atoms with Gasteiger partial charge in [-0.3, -0.25) is 9.59 Å². The van der Waals surface area contributed by atoms with E-state index in [0.29, 0.717) is 12.8 Å². The second kappa shape index (κ2) is 4.47. The lowest BCUT2D eigenvalue weighted by atomic mass is 10.00. The molecule has 19 heavy (non-hydrogen) atoms. The maximum Gasteiger partial charge on any atom is 0.263 e. The number of amides is 1. The van der Waals surface area contributed by atoms with Crippen LogP contribution in [-0.2, 0) is 7.05 Å². The number of rotatable bonds is 1. The van der Waals surface area contributed by atoms with Crippen molar-refractivity contribution in [3.8, 4) is 0 Å². The molecule has 0 radical (unpaired) electrons. The van der Waals surface area contributed by atoms with Crippen LogP contribution in [0.3, 0.4) is 0 Å². The van der Waals surface area contributed by atoms with Gasteiger partial charge in [0.1, 0.15) is 11.7 Å². The van der Waals surface area contributed by atoms with Crippen molar-refractivity contribution in [1.82, 2.24) is 9.47 Å². The summed E-state index contributed by atoms with van der Waals surface area (Å²) in [7, 11) is 1.63. The van der Waals surface area contributed by atoms with Crippen LogP contribution in [0.1, 0.15) is 36.0 Å². The molecule has 3 heterocycles. The minimum Gasteiger partial charge on any atom is -0.332 e. The zero-order valence-electron chi connectivity index (χ0n) is 10.9. The molecule has 0 aliphatic carbocycles. The van der Waals surface area contributed by atoms with Crippen molar-refractivity contribution in [3.63, 3.8) is 0 Å². The molecular weight excluding hydrogens is 247 g/mol. The first-order valence-electron chi connectivity index (χ1n) is 6.70. The number of fused-ring (bicyclic) bond motifs is 2. The van der Waals surface area contributed by atoms with Gasteiger partial charge in [0, 0.05) is 25.3 Å². The van der Waals surface area contributed by atoms with E-state index in [9.17, 15) is 14.0 Å². The summed E-state index contributed by atoms with van der Waals surface area (Å²) in [5, 5.41) is 0. The summed E-state index contributed by atoms with van der Waals surface area (Å²) in [6.07, 6.45) is 3.35. The highest BCUT2D eigenvalue weighted by molar-refractivity contribution is 5.94. The Labute approximate surface area is 110 Å². The Kier molecular flexibility index (Phi) is 2.92. The SMILES string of the molecule is Cn1cccc(C(=O)N2C3CCC2CC(F)C3)c1=O. The van der Waals surface area contributed by atoms with Crippen molar-refractivity contribution >= 4 is 5.91 Å². The van der Waals surface area contributed by atoms with Crippen molar-refractivity contribution in [2.24, 2.45) is 7.05 Å². The quantitative estimate of drug-likeness (QED) is 0.771. The average Bonchev–Trinajstić information content (AvgIpc) is 2.64. The van der Waals surface area contributed by atoms with Crippen molar-refractivity contribution in [1.29, 1.82) is 0 Å². The summed E-state index contributed by atoms with van der Waals surface area (Å²) in [5.74, 6) is -0.236. The van der Waals surface area contributed by atoms with Gasteiger partial charge in [-0.2, -0.15) is 0 Å². The van der Waals surface area contributed by atoms with Crippen LogP contribution in [0.15, 0.2) is 23.1 Å². The summed E-state index contributed by atoms with van der Waals surface area (Å²) in [6.45, 7) is 0. The lowest BCUT2D eigenvalue weighted by Crippen LogP contribution is -2.48. The van der Waals surface area contributed by atoms with Crippen LogP contribution in [0.4, 0.5) is 4.39 Å². The molecule has 0 spiro atoms. The molecule has 2 saturated heterocycles. The van der Waals surface area contributed by atoms with E-state index in [0.717, 1.165) is 12.8 Å². The van der Waals surface area contributed by atoms with Crippen LogP contribution in [0.25, 0.3) is 0 Å². The topological polar surface area (TPSA) is 42.3 Å². The number of alkyl halides is 1. The van der Waals surface area contributed by atoms with Crippen LogP contribution in [-0.4, -0.2) is 33.6 Å². The van der Waals surface area contributed by atoms with E-state index in [1.165, 1.54) is 4.57 Å². The number of piperidine rings is 1. The Bertz CT molecular complexity index is 555. The number of aryl methyl sites for hydroxylation is 1. The van der Waals surface area contributed by atoms with Gasteiger partial charge in [-0.15, -0.1) is 0 Å². The van der Waals surface area contributed by atoms with Gasteiger partial charge in [0.05, 0.1) is 0 Å². The van der Waals surface area contributed by atoms with Crippen LogP contribution in [0.2, 0.25) is 0 Å². The lowest BCUT2D eigenvalue weighted by Gasteiger charge is -2.36. The lowest BCUT2D eigenvalue weighted by molar-refractivity contribution is 0.0477. The number of carbonyl (C=O) groups excluding carboxylic acids is 1. The summed E-state index contributed by atoms with van der Waals surface area (Å²) in [6, 6.07) is 3.18. The molecule has 1 aromatic heterocycles. The van der Waals surface area contributed by atoms with Gasteiger partial charge in [-0.25, -0.2) is 4.39 Å². The van der Waals surface area contributed by atoms with Gasteiger partial charge >= 0.3 is 0 Å². The molecule has 2 bridgehead atoms. The maximum absolute atomic E-state index is 13.5. The van der Waals surface area contributed by atoms with Crippen LogP contribution in [0, 0.1) is 0 Å².